The zero-order chi connectivity index (χ0) is 13.4. The van der Waals surface area contributed by atoms with E-state index in [-0.39, 0.29) is 0 Å². The first-order chi connectivity index (χ1) is 9.16. The van der Waals surface area contributed by atoms with E-state index in [4.69, 9.17) is 4.98 Å². The van der Waals surface area contributed by atoms with Gasteiger partial charge in [0.05, 0.1) is 5.69 Å². The summed E-state index contributed by atoms with van der Waals surface area (Å²) < 4.78 is 2.38. The summed E-state index contributed by atoms with van der Waals surface area (Å²) in [7, 11) is 2.21. The topological polar surface area (TPSA) is 33.1 Å². The number of nitrogens with one attached hydrogen (secondary N) is 1. The molecule has 1 saturated heterocycles. The van der Waals surface area contributed by atoms with Crippen LogP contribution in [0.5, 0.6) is 0 Å². The van der Waals surface area contributed by atoms with Crippen molar-refractivity contribution >= 4 is 0 Å². The molecule has 0 amide bonds. The second-order valence-corrected chi connectivity index (χ2v) is 6.28. The molecule has 4 nitrogen and oxygen atoms in total. The Labute approximate surface area is 116 Å². The summed E-state index contributed by atoms with van der Waals surface area (Å²) in [4.78, 5) is 7.54. The van der Waals surface area contributed by atoms with Crippen LogP contribution in [0.2, 0.25) is 0 Å². The maximum Gasteiger partial charge on any atom is 0.113 e. The Balaban J connectivity index is 1.83. The Morgan fingerprint density at radius 3 is 2.95 bits per heavy atom. The monoisotopic (exact) mass is 262 g/mol. The van der Waals surface area contributed by atoms with Gasteiger partial charge in [-0.2, -0.15) is 0 Å². The van der Waals surface area contributed by atoms with E-state index in [0.29, 0.717) is 12.0 Å². The van der Waals surface area contributed by atoms with Gasteiger partial charge in [-0.05, 0) is 33.2 Å². The molecule has 1 atom stereocenters. The Morgan fingerprint density at radius 1 is 1.37 bits per heavy atom. The molecule has 0 saturated carbocycles. The maximum absolute atomic E-state index is 4.94. The van der Waals surface area contributed by atoms with E-state index >= 15 is 0 Å². The van der Waals surface area contributed by atoms with Gasteiger partial charge in [-0.25, -0.2) is 4.98 Å². The normalized spacial score (nSPS) is 24.7. The fourth-order valence-corrected chi connectivity index (χ4v) is 3.53. The zero-order valence-corrected chi connectivity index (χ0v) is 12.4. The Bertz CT molecular complexity index is 449. The second kappa shape index (κ2) is 5.25. The van der Waals surface area contributed by atoms with Crippen LogP contribution in [0.4, 0.5) is 0 Å². The van der Waals surface area contributed by atoms with Crippen LogP contribution in [-0.2, 0) is 20.0 Å². The lowest BCUT2D eigenvalue weighted by molar-refractivity contribution is 0.163. The summed E-state index contributed by atoms with van der Waals surface area (Å²) >= 11 is 0. The van der Waals surface area contributed by atoms with Gasteiger partial charge in [0.1, 0.15) is 5.82 Å². The van der Waals surface area contributed by atoms with E-state index in [1.165, 1.54) is 43.1 Å². The van der Waals surface area contributed by atoms with Crippen LogP contribution < -0.4 is 5.32 Å². The lowest BCUT2D eigenvalue weighted by atomic mass is 9.96. The number of piperidine rings is 1. The van der Waals surface area contributed by atoms with Gasteiger partial charge in [-0.1, -0.05) is 0 Å². The molecule has 1 aromatic rings. The third kappa shape index (κ3) is 2.43. The number of imidazole rings is 1. The quantitative estimate of drug-likeness (QED) is 0.880. The van der Waals surface area contributed by atoms with Crippen LogP contribution in [0.3, 0.4) is 0 Å². The molecule has 106 valence electrons. The average molecular weight is 262 g/mol. The molecule has 0 radical (unpaired) electrons. The first kappa shape index (κ1) is 13.1. The van der Waals surface area contributed by atoms with Crippen molar-refractivity contribution < 1.29 is 0 Å². The Morgan fingerprint density at radius 2 is 2.21 bits per heavy atom. The lowest BCUT2D eigenvalue weighted by Crippen LogP contribution is -2.39. The van der Waals surface area contributed by atoms with Gasteiger partial charge in [0.25, 0.3) is 0 Å². The van der Waals surface area contributed by atoms with E-state index in [2.05, 4.69) is 35.7 Å². The SMILES string of the molecule is CC(C)N1CCCC(c2nc3c(n2C)CCNC3)C1. The molecule has 0 aromatic carbocycles. The van der Waals surface area contributed by atoms with Gasteiger partial charge >= 0.3 is 0 Å². The minimum absolute atomic E-state index is 0.617. The van der Waals surface area contributed by atoms with Crippen LogP contribution >= 0.6 is 0 Å². The highest BCUT2D eigenvalue weighted by molar-refractivity contribution is 5.22. The summed E-state index contributed by atoms with van der Waals surface area (Å²) in [5, 5.41) is 3.43. The number of likely N-dealkylation sites (tertiary alicyclic amines) is 1. The lowest BCUT2D eigenvalue weighted by Gasteiger charge is -2.35. The molecule has 1 aromatic heterocycles. The summed E-state index contributed by atoms with van der Waals surface area (Å²) in [5.74, 6) is 1.94. The minimum atomic E-state index is 0.617. The molecule has 1 fully saturated rings. The Kier molecular flexibility index (Phi) is 3.63. The average Bonchev–Trinajstić information content (AvgIpc) is 2.77. The van der Waals surface area contributed by atoms with Crippen LogP contribution in [0.1, 0.15) is 49.8 Å². The largest absolute Gasteiger partial charge is 0.334 e. The molecular weight excluding hydrogens is 236 g/mol. The van der Waals surface area contributed by atoms with Gasteiger partial charge in [0.2, 0.25) is 0 Å². The first-order valence-electron chi connectivity index (χ1n) is 7.66. The number of fused-ring (bicyclic) bond motifs is 1. The van der Waals surface area contributed by atoms with Crippen molar-refractivity contribution in [3.63, 3.8) is 0 Å². The van der Waals surface area contributed by atoms with Crippen LogP contribution in [0, 0.1) is 0 Å². The third-order valence-electron chi connectivity index (χ3n) is 4.71. The third-order valence-corrected chi connectivity index (χ3v) is 4.71. The molecule has 3 rings (SSSR count). The molecular formula is C15H26N4. The molecule has 4 heteroatoms. The molecule has 0 bridgehead atoms. The van der Waals surface area contributed by atoms with Gasteiger partial charge in [-0.3, -0.25) is 0 Å². The first-order valence-corrected chi connectivity index (χ1v) is 7.66. The van der Waals surface area contributed by atoms with Crippen LogP contribution in [0.15, 0.2) is 0 Å². The summed E-state index contributed by atoms with van der Waals surface area (Å²) in [6, 6.07) is 0.652. The molecule has 19 heavy (non-hydrogen) atoms. The van der Waals surface area contributed by atoms with E-state index in [1.807, 2.05) is 0 Å². The van der Waals surface area contributed by atoms with Crippen molar-refractivity contribution in [1.29, 1.82) is 0 Å². The second-order valence-electron chi connectivity index (χ2n) is 6.28. The van der Waals surface area contributed by atoms with Gasteiger partial charge in [0, 0.05) is 50.8 Å². The number of nitrogens with zero attached hydrogens (tertiary/aromatic N) is 3. The molecule has 3 heterocycles. The summed E-state index contributed by atoms with van der Waals surface area (Å²) in [5.41, 5.74) is 2.74. The summed E-state index contributed by atoms with van der Waals surface area (Å²) in [6.07, 6.45) is 3.72. The molecule has 1 N–H and O–H groups in total. The van der Waals surface area contributed by atoms with Crippen molar-refractivity contribution in [2.24, 2.45) is 7.05 Å². The van der Waals surface area contributed by atoms with Crippen LogP contribution in [-0.4, -0.2) is 40.1 Å². The standard InChI is InChI=1S/C15H26N4/c1-11(2)19-8-4-5-12(10-19)15-17-13-9-16-7-6-14(13)18(15)3/h11-12,16H,4-10H2,1-3H3. The molecule has 0 spiro atoms. The predicted molar refractivity (Wildman–Crippen MR) is 77.3 cm³/mol. The van der Waals surface area contributed by atoms with E-state index in [9.17, 15) is 0 Å². The van der Waals surface area contributed by atoms with E-state index in [1.54, 1.807) is 0 Å². The van der Waals surface area contributed by atoms with Crippen molar-refractivity contribution in [1.82, 2.24) is 19.8 Å². The van der Waals surface area contributed by atoms with Crippen molar-refractivity contribution in [2.45, 2.75) is 51.6 Å². The number of aromatic nitrogens is 2. The molecule has 2 aliphatic rings. The minimum Gasteiger partial charge on any atom is -0.334 e. The zero-order valence-electron chi connectivity index (χ0n) is 12.4. The number of hydrogen-bond donors (Lipinski definition) is 1. The number of rotatable bonds is 2. The van der Waals surface area contributed by atoms with Gasteiger partial charge < -0.3 is 14.8 Å². The molecule has 0 aliphatic carbocycles. The van der Waals surface area contributed by atoms with Gasteiger partial charge in [0.15, 0.2) is 0 Å². The highest BCUT2D eigenvalue weighted by Crippen LogP contribution is 2.29. The summed E-state index contributed by atoms with van der Waals surface area (Å²) in [6.45, 7) is 9.07. The smallest absolute Gasteiger partial charge is 0.113 e. The van der Waals surface area contributed by atoms with Crippen molar-refractivity contribution in [3.05, 3.63) is 17.2 Å². The fourth-order valence-electron chi connectivity index (χ4n) is 3.53. The highest BCUT2D eigenvalue weighted by Gasteiger charge is 2.28. The van der Waals surface area contributed by atoms with Crippen molar-refractivity contribution in [2.75, 3.05) is 19.6 Å². The van der Waals surface area contributed by atoms with E-state index < -0.39 is 0 Å². The highest BCUT2D eigenvalue weighted by atomic mass is 15.2. The van der Waals surface area contributed by atoms with Gasteiger partial charge in [-0.15, -0.1) is 0 Å². The maximum atomic E-state index is 4.94. The fraction of sp³-hybridized carbons (Fsp3) is 0.800. The predicted octanol–water partition coefficient (Wildman–Crippen LogP) is 1.65. The number of hydrogen-bond acceptors (Lipinski definition) is 3. The van der Waals surface area contributed by atoms with Crippen molar-refractivity contribution in [3.8, 4) is 0 Å². The van der Waals surface area contributed by atoms with E-state index in [0.717, 1.165) is 19.5 Å². The Hall–Kier alpha value is -0.870. The van der Waals surface area contributed by atoms with Crippen LogP contribution in [0.25, 0.3) is 0 Å². The molecule has 1 unspecified atom stereocenters. The molecule has 2 aliphatic heterocycles.